The number of carbonyl (C=O) groups is 2. The number of thiazole rings is 1. The lowest BCUT2D eigenvalue weighted by Crippen LogP contribution is -2.31. The lowest BCUT2D eigenvalue weighted by molar-refractivity contribution is -0.137. The lowest BCUT2D eigenvalue weighted by Gasteiger charge is -2.26. The van der Waals surface area contributed by atoms with Crippen LogP contribution in [0, 0.1) is 17.2 Å². The Balaban J connectivity index is 1.73. The molecule has 1 fully saturated rings. The molecule has 0 bridgehead atoms. The lowest BCUT2D eigenvalue weighted by atomic mass is 9.86. The maximum Gasteiger partial charge on any atom is 0.293 e. The minimum atomic E-state index is -0.225. The van der Waals surface area contributed by atoms with Crippen LogP contribution >= 0.6 is 11.3 Å². The normalized spacial score (nSPS) is 19.6. The predicted octanol–water partition coefficient (Wildman–Crippen LogP) is 2.75. The molecule has 2 aromatic rings. The largest absolute Gasteiger partial charge is 0.465 e. The fraction of sp³-hybridized carbons (Fsp3) is 0.353. The van der Waals surface area contributed by atoms with E-state index in [0.717, 1.165) is 36.2 Å². The van der Waals surface area contributed by atoms with Crippen LogP contribution in [0.3, 0.4) is 0 Å². The van der Waals surface area contributed by atoms with Crippen molar-refractivity contribution in [1.82, 2.24) is 9.97 Å². The van der Waals surface area contributed by atoms with Gasteiger partial charge in [-0.25, -0.2) is 4.98 Å². The average molecular weight is 356 g/mol. The molecule has 2 unspecified atom stereocenters. The van der Waals surface area contributed by atoms with E-state index in [1.807, 2.05) is 0 Å². The van der Waals surface area contributed by atoms with Gasteiger partial charge in [0.1, 0.15) is 22.7 Å². The van der Waals surface area contributed by atoms with Crippen molar-refractivity contribution in [3.8, 4) is 17.3 Å². The summed E-state index contributed by atoms with van der Waals surface area (Å²) in [5.41, 5.74) is 1.32. The van der Waals surface area contributed by atoms with Gasteiger partial charge >= 0.3 is 0 Å². The highest BCUT2D eigenvalue weighted by Crippen LogP contribution is 2.32. The number of pyridine rings is 1. The van der Waals surface area contributed by atoms with Gasteiger partial charge in [-0.15, -0.1) is 0 Å². The summed E-state index contributed by atoms with van der Waals surface area (Å²) in [6.07, 6.45) is 5.92. The Morgan fingerprint density at radius 1 is 1.40 bits per heavy atom. The van der Waals surface area contributed by atoms with Gasteiger partial charge in [0.05, 0.1) is 0 Å². The van der Waals surface area contributed by atoms with E-state index in [2.05, 4.69) is 21.4 Å². The standard InChI is InChI=1S/C17H16N4O3S/c18-9-14-15(11-4-6-19-7-5-11)20-17(25-14)21-16(23)12-2-1-3-13(8-12)24-10-22/h4-7,10,12-13H,1-3,8H2,(H,20,21,23). The summed E-state index contributed by atoms with van der Waals surface area (Å²) in [5, 5.41) is 12.5. The minimum absolute atomic E-state index is 0.154. The summed E-state index contributed by atoms with van der Waals surface area (Å²) in [4.78, 5) is 31.7. The molecular weight excluding hydrogens is 340 g/mol. The topological polar surface area (TPSA) is 105 Å². The highest BCUT2D eigenvalue weighted by Gasteiger charge is 2.29. The summed E-state index contributed by atoms with van der Waals surface area (Å²) < 4.78 is 4.99. The Hall–Kier alpha value is -2.79. The smallest absolute Gasteiger partial charge is 0.293 e. The van der Waals surface area contributed by atoms with Crippen LogP contribution in [0.15, 0.2) is 24.5 Å². The molecule has 0 aliphatic heterocycles. The van der Waals surface area contributed by atoms with Gasteiger partial charge in [-0.05, 0) is 37.8 Å². The number of aromatic nitrogens is 2. The third-order valence-electron chi connectivity index (χ3n) is 4.16. The first kappa shape index (κ1) is 17.0. The molecule has 2 atom stereocenters. The third kappa shape index (κ3) is 4.00. The first-order valence-electron chi connectivity index (χ1n) is 7.92. The number of hydrogen-bond donors (Lipinski definition) is 1. The molecule has 2 heterocycles. The molecule has 0 saturated heterocycles. The number of anilines is 1. The van der Waals surface area contributed by atoms with Crippen LogP contribution in [-0.2, 0) is 14.3 Å². The number of rotatable bonds is 5. The molecule has 1 N–H and O–H groups in total. The second-order valence-corrected chi connectivity index (χ2v) is 6.75. The van der Waals surface area contributed by atoms with Crippen molar-refractivity contribution >= 4 is 28.8 Å². The van der Waals surface area contributed by atoms with Gasteiger partial charge in [0, 0.05) is 23.9 Å². The Morgan fingerprint density at radius 3 is 2.92 bits per heavy atom. The fourth-order valence-corrected chi connectivity index (χ4v) is 3.74. The number of nitrogens with one attached hydrogen (secondary N) is 1. The zero-order valence-electron chi connectivity index (χ0n) is 13.3. The number of hydrogen-bond acceptors (Lipinski definition) is 7. The first-order valence-corrected chi connectivity index (χ1v) is 8.74. The molecule has 1 amide bonds. The Bertz CT molecular complexity index is 800. The van der Waals surface area contributed by atoms with E-state index >= 15 is 0 Å². The van der Waals surface area contributed by atoms with Gasteiger partial charge in [0.2, 0.25) is 5.91 Å². The molecule has 0 spiro atoms. The SMILES string of the molecule is N#Cc1sc(NC(=O)C2CCCC(OC=O)C2)nc1-c1ccncc1. The third-order valence-corrected chi connectivity index (χ3v) is 5.03. The summed E-state index contributed by atoms with van der Waals surface area (Å²) in [5.74, 6) is -0.378. The zero-order chi connectivity index (χ0) is 17.6. The van der Waals surface area contributed by atoms with E-state index in [-0.39, 0.29) is 17.9 Å². The molecule has 1 aliphatic rings. The van der Waals surface area contributed by atoms with Crippen LogP contribution in [0.1, 0.15) is 30.6 Å². The molecule has 2 aromatic heterocycles. The van der Waals surface area contributed by atoms with Gasteiger partial charge in [-0.2, -0.15) is 5.26 Å². The number of carbonyl (C=O) groups excluding carboxylic acids is 2. The second kappa shape index (κ2) is 7.85. The first-order chi connectivity index (χ1) is 12.2. The maximum absolute atomic E-state index is 12.5. The second-order valence-electron chi connectivity index (χ2n) is 5.75. The van der Waals surface area contributed by atoms with Crippen LogP contribution in [-0.4, -0.2) is 28.5 Å². The van der Waals surface area contributed by atoms with Crippen molar-refractivity contribution in [1.29, 1.82) is 5.26 Å². The van der Waals surface area contributed by atoms with E-state index in [1.54, 1.807) is 24.5 Å². The van der Waals surface area contributed by atoms with Crippen molar-refractivity contribution in [2.45, 2.75) is 31.8 Å². The maximum atomic E-state index is 12.5. The van der Waals surface area contributed by atoms with Gasteiger partial charge in [-0.3, -0.25) is 14.6 Å². The van der Waals surface area contributed by atoms with Gasteiger partial charge in [0.25, 0.3) is 6.47 Å². The van der Waals surface area contributed by atoms with E-state index < -0.39 is 0 Å². The van der Waals surface area contributed by atoms with Crippen LogP contribution in [0.5, 0.6) is 0 Å². The quantitative estimate of drug-likeness (QED) is 0.826. The molecule has 1 aliphatic carbocycles. The summed E-state index contributed by atoms with van der Waals surface area (Å²) in [6, 6.07) is 5.65. The number of ether oxygens (including phenoxy) is 1. The fourth-order valence-electron chi connectivity index (χ4n) is 2.95. The zero-order valence-corrected chi connectivity index (χ0v) is 14.2. The van der Waals surface area contributed by atoms with E-state index in [4.69, 9.17) is 4.74 Å². The van der Waals surface area contributed by atoms with Crippen molar-refractivity contribution in [2.75, 3.05) is 5.32 Å². The summed E-state index contributed by atoms with van der Waals surface area (Å²) in [7, 11) is 0. The van der Waals surface area contributed by atoms with E-state index in [0.29, 0.717) is 28.6 Å². The average Bonchev–Trinajstić information content (AvgIpc) is 3.06. The monoisotopic (exact) mass is 356 g/mol. The van der Waals surface area contributed by atoms with E-state index in [1.165, 1.54) is 0 Å². The summed E-state index contributed by atoms with van der Waals surface area (Å²) >= 11 is 1.15. The molecule has 0 radical (unpaired) electrons. The highest BCUT2D eigenvalue weighted by molar-refractivity contribution is 7.16. The van der Waals surface area contributed by atoms with Gasteiger partial charge < -0.3 is 10.1 Å². The predicted molar refractivity (Wildman–Crippen MR) is 91.6 cm³/mol. The summed E-state index contributed by atoms with van der Waals surface area (Å²) in [6.45, 7) is 0.436. The molecule has 7 nitrogen and oxygen atoms in total. The Labute approximate surface area is 148 Å². The molecule has 25 heavy (non-hydrogen) atoms. The molecule has 1 saturated carbocycles. The molecular formula is C17H16N4O3S. The Morgan fingerprint density at radius 2 is 2.20 bits per heavy atom. The van der Waals surface area contributed by atoms with Crippen LogP contribution < -0.4 is 5.32 Å². The van der Waals surface area contributed by atoms with Crippen LogP contribution in [0.25, 0.3) is 11.3 Å². The minimum Gasteiger partial charge on any atom is -0.465 e. The number of amides is 1. The van der Waals surface area contributed by atoms with Gasteiger partial charge in [0.15, 0.2) is 5.13 Å². The van der Waals surface area contributed by atoms with E-state index in [9.17, 15) is 14.9 Å². The number of nitrogens with zero attached hydrogens (tertiary/aromatic N) is 3. The van der Waals surface area contributed by atoms with Crippen LogP contribution in [0.2, 0.25) is 0 Å². The van der Waals surface area contributed by atoms with Gasteiger partial charge in [-0.1, -0.05) is 11.3 Å². The van der Waals surface area contributed by atoms with Crippen molar-refractivity contribution < 1.29 is 14.3 Å². The van der Waals surface area contributed by atoms with Crippen molar-refractivity contribution in [3.63, 3.8) is 0 Å². The molecule has 128 valence electrons. The Kier molecular flexibility index (Phi) is 5.36. The van der Waals surface area contributed by atoms with Crippen molar-refractivity contribution in [3.05, 3.63) is 29.4 Å². The highest BCUT2D eigenvalue weighted by atomic mass is 32.1. The van der Waals surface area contributed by atoms with Crippen LogP contribution in [0.4, 0.5) is 5.13 Å². The number of nitriles is 1. The van der Waals surface area contributed by atoms with Crippen molar-refractivity contribution in [2.24, 2.45) is 5.92 Å². The molecule has 0 aromatic carbocycles. The molecule has 3 rings (SSSR count). The molecule has 8 heteroatoms.